The Balaban J connectivity index is 1.59. The minimum atomic E-state index is -4.86. The number of amides is 1. The van der Waals surface area contributed by atoms with E-state index in [4.69, 9.17) is 5.26 Å². The van der Waals surface area contributed by atoms with E-state index in [-0.39, 0.29) is 24.2 Å². The number of fused-ring (bicyclic) bond motifs is 1. The summed E-state index contributed by atoms with van der Waals surface area (Å²) in [5.41, 5.74) is -2.51. The Hall–Kier alpha value is -3.46. The van der Waals surface area contributed by atoms with Gasteiger partial charge in [-0.15, -0.1) is 0 Å². The van der Waals surface area contributed by atoms with Crippen LogP contribution >= 0.6 is 0 Å². The van der Waals surface area contributed by atoms with Crippen molar-refractivity contribution >= 4 is 17.6 Å². The molecule has 1 aromatic carbocycles. The maximum absolute atomic E-state index is 14.7. The van der Waals surface area contributed by atoms with Crippen LogP contribution in [0.2, 0.25) is 0 Å². The number of aliphatic hydroxyl groups is 1. The van der Waals surface area contributed by atoms with Crippen molar-refractivity contribution in [2.75, 3.05) is 26.2 Å². The number of carbonyl (C=O) groups is 1. The van der Waals surface area contributed by atoms with Crippen LogP contribution in [0, 0.1) is 22.6 Å². The van der Waals surface area contributed by atoms with Crippen LogP contribution < -0.4 is 5.32 Å². The molecule has 1 aromatic rings. The molecule has 0 spiro atoms. The minimum Gasteiger partial charge on any atom is -0.396 e. The lowest BCUT2D eigenvalue weighted by Gasteiger charge is -2.41. The molecule has 1 fully saturated rings. The summed E-state index contributed by atoms with van der Waals surface area (Å²) in [6.07, 6.45) is -1.89. The van der Waals surface area contributed by atoms with Gasteiger partial charge in [0, 0.05) is 37.1 Å². The van der Waals surface area contributed by atoms with Gasteiger partial charge in [0.15, 0.2) is 5.84 Å². The summed E-state index contributed by atoms with van der Waals surface area (Å²) in [5, 5.41) is 27.9. The molecule has 0 unspecified atom stereocenters. The van der Waals surface area contributed by atoms with Crippen molar-refractivity contribution in [2.45, 2.75) is 57.8 Å². The van der Waals surface area contributed by atoms with Gasteiger partial charge in [-0.05, 0) is 45.8 Å². The second kappa shape index (κ2) is 10.0. The number of nitriles is 1. The second-order valence-electron chi connectivity index (χ2n) is 10.7. The van der Waals surface area contributed by atoms with Crippen LogP contribution in [0.4, 0.5) is 17.6 Å². The number of aliphatic hydroxyl groups excluding tert-OH is 1. The van der Waals surface area contributed by atoms with E-state index in [9.17, 15) is 27.5 Å². The molecule has 8 nitrogen and oxygen atoms in total. The van der Waals surface area contributed by atoms with Crippen molar-refractivity contribution in [3.63, 3.8) is 0 Å². The first kappa shape index (κ1) is 27.6. The third-order valence-corrected chi connectivity index (χ3v) is 7.26. The van der Waals surface area contributed by atoms with Crippen LogP contribution in [-0.4, -0.2) is 64.4 Å². The van der Waals surface area contributed by atoms with E-state index in [0.717, 1.165) is 6.07 Å². The largest absolute Gasteiger partial charge is 0.419 e. The van der Waals surface area contributed by atoms with Gasteiger partial charge in [0.2, 0.25) is 0 Å². The number of carbonyl (C=O) groups excluding carboxylic acids is 1. The van der Waals surface area contributed by atoms with Crippen LogP contribution in [0.25, 0.3) is 0 Å². The molecule has 1 atom stereocenters. The van der Waals surface area contributed by atoms with E-state index in [0.29, 0.717) is 50.2 Å². The zero-order valence-corrected chi connectivity index (χ0v) is 21.4. The van der Waals surface area contributed by atoms with Crippen molar-refractivity contribution in [1.29, 1.82) is 5.26 Å². The summed E-state index contributed by atoms with van der Waals surface area (Å²) in [7, 11) is 0. The highest BCUT2D eigenvalue weighted by atomic mass is 19.4. The highest BCUT2D eigenvalue weighted by Crippen LogP contribution is 2.36. The van der Waals surface area contributed by atoms with Gasteiger partial charge in [0.05, 0.1) is 35.3 Å². The van der Waals surface area contributed by atoms with Crippen LogP contribution in [-0.2, 0) is 11.0 Å². The zero-order chi connectivity index (χ0) is 27.9. The van der Waals surface area contributed by atoms with E-state index in [1.165, 1.54) is 13.0 Å². The van der Waals surface area contributed by atoms with Crippen molar-refractivity contribution in [3.8, 4) is 6.07 Å². The first-order chi connectivity index (χ1) is 17.8. The number of alkyl halides is 3. The summed E-state index contributed by atoms with van der Waals surface area (Å²) in [6, 6.07) is 4.07. The van der Waals surface area contributed by atoms with Crippen LogP contribution in [0.5, 0.6) is 0 Å². The molecule has 0 bridgehead atoms. The van der Waals surface area contributed by atoms with Crippen molar-refractivity contribution in [3.05, 3.63) is 46.8 Å². The van der Waals surface area contributed by atoms with E-state index in [1.54, 1.807) is 11.1 Å². The predicted octanol–water partition coefficient (Wildman–Crippen LogP) is 3.76. The summed E-state index contributed by atoms with van der Waals surface area (Å²) in [4.78, 5) is 20.0. The average molecular weight is 535 g/mol. The molecule has 2 N–H and O–H groups in total. The molecule has 1 amide bonds. The van der Waals surface area contributed by atoms with Crippen LogP contribution in [0.3, 0.4) is 0 Å². The number of benzene rings is 1. The Bertz CT molecular complexity index is 1240. The van der Waals surface area contributed by atoms with Gasteiger partial charge in [-0.1, -0.05) is 12.1 Å². The van der Waals surface area contributed by atoms with E-state index in [1.807, 2.05) is 18.7 Å². The highest BCUT2D eigenvalue weighted by molar-refractivity contribution is 6.25. The number of likely N-dealkylation sites (tertiary alicyclic amines) is 1. The molecule has 12 heteroatoms. The number of hydrogen-bond acceptors (Lipinski definition) is 7. The lowest BCUT2D eigenvalue weighted by Crippen LogP contribution is -2.47. The molecular formula is C26H30F4N6O2. The Labute approximate surface area is 218 Å². The standard InChI is InChI=1S/C26H30F4N6O2/c1-16(17-5-4-6-19(21(17)27)26(28,29)30)32-23(38)18-13-20(34-36-14-24(2,3)33-22(18)36)35-11-8-25(15-37,7-10-31)9-12-35/h4-6,13,16,37H,7-9,11-12,14-15H2,1-3H3,(H,32,38)/t16-/m1/s1. The lowest BCUT2D eigenvalue weighted by molar-refractivity contribution is -0.140. The molecule has 3 heterocycles. The maximum atomic E-state index is 14.7. The second-order valence-corrected chi connectivity index (χ2v) is 10.7. The summed E-state index contributed by atoms with van der Waals surface area (Å²) in [5.74, 6) is -1.20. The van der Waals surface area contributed by atoms with Crippen LogP contribution in [0.15, 0.2) is 39.9 Å². The molecular weight excluding hydrogens is 504 g/mol. The number of hydrogen-bond donors (Lipinski definition) is 2. The molecule has 3 aliphatic rings. The number of nitrogens with one attached hydrogen (secondary N) is 1. The van der Waals surface area contributed by atoms with Gasteiger partial charge >= 0.3 is 6.18 Å². The minimum absolute atomic E-state index is 0.0918. The molecule has 0 aliphatic carbocycles. The number of hydrazone groups is 1. The SMILES string of the molecule is C[C@@H](NC(=O)C1=CC(N2CCC(CO)(CC#N)CC2)=NN2CC(C)(C)N=C12)c1cccc(C(F)(F)F)c1F. The Kier molecular flexibility index (Phi) is 7.27. The summed E-state index contributed by atoms with van der Waals surface area (Å²) < 4.78 is 54.3. The molecule has 3 aliphatic heterocycles. The molecule has 4 rings (SSSR count). The van der Waals surface area contributed by atoms with Crippen LogP contribution in [0.1, 0.15) is 57.2 Å². The highest BCUT2D eigenvalue weighted by Gasteiger charge is 2.41. The van der Waals surface area contributed by atoms with Gasteiger partial charge in [0.25, 0.3) is 5.91 Å². The zero-order valence-electron chi connectivity index (χ0n) is 21.4. The summed E-state index contributed by atoms with van der Waals surface area (Å²) in [6.45, 7) is 6.55. The number of halogens is 4. The number of aliphatic imine (C=N–C) groups is 1. The number of nitrogens with zero attached hydrogens (tertiary/aromatic N) is 5. The van der Waals surface area contributed by atoms with Gasteiger partial charge in [0.1, 0.15) is 11.7 Å². The quantitative estimate of drug-likeness (QED) is 0.560. The molecule has 204 valence electrons. The fourth-order valence-corrected chi connectivity index (χ4v) is 4.99. The normalized spacial score (nSPS) is 21.1. The van der Waals surface area contributed by atoms with Gasteiger partial charge < -0.3 is 15.3 Å². The number of piperidine rings is 1. The fourth-order valence-electron chi connectivity index (χ4n) is 4.99. The monoisotopic (exact) mass is 534 g/mol. The smallest absolute Gasteiger partial charge is 0.396 e. The van der Waals surface area contributed by atoms with Crippen molar-refractivity contribution in [2.24, 2.45) is 15.5 Å². The first-order valence-electron chi connectivity index (χ1n) is 12.4. The van der Waals surface area contributed by atoms with Gasteiger partial charge in [-0.3, -0.25) is 9.79 Å². The molecule has 0 radical (unpaired) electrons. The molecule has 1 saturated heterocycles. The lowest BCUT2D eigenvalue weighted by atomic mass is 9.77. The Morgan fingerprint density at radius 2 is 1.97 bits per heavy atom. The van der Waals surface area contributed by atoms with E-state index < -0.39 is 40.5 Å². The average Bonchev–Trinajstić information content (AvgIpc) is 3.17. The van der Waals surface area contributed by atoms with Gasteiger partial charge in [-0.2, -0.15) is 23.5 Å². The maximum Gasteiger partial charge on any atom is 0.419 e. The Morgan fingerprint density at radius 3 is 2.58 bits per heavy atom. The van der Waals surface area contributed by atoms with E-state index in [2.05, 4.69) is 21.5 Å². The molecule has 38 heavy (non-hydrogen) atoms. The third kappa shape index (κ3) is 5.38. The number of amidine groups is 2. The molecule has 0 aromatic heterocycles. The predicted molar refractivity (Wildman–Crippen MR) is 132 cm³/mol. The topological polar surface area (TPSA) is 104 Å². The number of rotatable bonds is 5. The fraction of sp³-hybridized carbons (Fsp3) is 0.538. The van der Waals surface area contributed by atoms with Gasteiger partial charge in [-0.25, -0.2) is 9.40 Å². The third-order valence-electron chi connectivity index (χ3n) is 7.26. The van der Waals surface area contributed by atoms with Crippen molar-refractivity contribution < 1.29 is 27.5 Å². The summed E-state index contributed by atoms with van der Waals surface area (Å²) >= 11 is 0. The first-order valence-corrected chi connectivity index (χ1v) is 12.4. The Morgan fingerprint density at radius 1 is 1.29 bits per heavy atom. The molecule has 0 saturated carbocycles. The van der Waals surface area contributed by atoms with E-state index >= 15 is 0 Å². The van der Waals surface area contributed by atoms with Crippen molar-refractivity contribution in [1.82, 2.24) is 15.2 Å².